The molecule has 1 aliphatic carbocycles. The molecule has 1 saturated carbocycles. The van der Waals surface area contributed by atoms with Crippen LogP contribution in [0.1, 0.15) is 148 Å². The van der Waals surface area contributed by atoms with Gasteiger partial charge in [0.15, 0.2) is 16.9 Å². The van der Waals surface area contributed by atoms with Gasteiger partial charge in [-0.15, -0.1) is 6.58 Å². The first kappa shape index (κ1) is 69.8. The number of halogens is 2. The lowest BCUT2D eigenvalue weighted by atomic mass is 9.93. The number of hydrogen-bond donors (Lipinski definition) is 5. The number of carbonyl (C=O) groups excluding carboxylic acids is 3. The van der Waals surface area contributed by atoms with Crippen molar-refractivity contribution >= 4 is 90.2 Å². The normalized spacial score (nSPS) is 13.7. The first-order chi connectivity index (χ1) is 48.6. The summed E-state index contributed by atoms with van der Waals surface area (Å²) < 4.78 is 9.59. The number of nitrogens with zero attached hydrogens (tertiary/aromatic N) is 13. The van der Waals surface area contributed by atoms with Crippen LogP contribution in [0.2, 0.25) is 10.0 Å². The third kappa shape index (κ3) is 14.0. The highest BCUT2D eigenvalue weighted by Crippen LogP contribution is 2.35. The lowest BCUT2D eigenvalue weighted by Gasteiger charge is -2.30. The average molecular weight is 1400 g/mol. The number of nitrogens with one attached hydrogen (secondary N) is 3. The number of aromatic nitrogens is 13. The molecule has 1 fully saturated rings. The minimum Gasteiger partial charge on any atom is -0.394 e. The minimum atomic E-state index is -1.15. The molecular formula is C75H74Cl2N16O8. The molecule has 1 aliphatic rings. The molecule has 13 aromatic rings. The molecular weight excluding hydrogens is 1320 g/mol. The van der Waals surface area contributed by atoms with Crippen molar-refractivity contribution in [2.75, 3.05) is 6.61 Å². The lowest BCUT2D eigenvalue weighted by molar-refractivity contribution is 0.0791. The maximum Gasteiger partial charge on any atom is 0.260 e. The quantitative estimate of drug-likeness (QED) is 0.0562. The van der Waals surface area contributed by atoms with Gasteiger partial charge in [-0.2, -0.15) is 15.3 Å². The van der Waals surface area contributed by atoms with Crippen molar-refractivity contribution in [2.24, 2.45) is 0 Å². The fourth-order valence-electron chi connectivity index (χ4n) is 13.5. The van der Waals surface area contributed by atoms with Gasteiger partial charge in [-0.1, -0.05) is 91.0 Å². The number of benzene rings is 3. The van der Waals surface area contributed by atoms with Crippen molar-refractivity contribution in [3.05, 3.63) is 257 Å². The monoisotopic (exact) mass is 1400 g/mol. The van der Waals surface area contributed by atoms with Crippen LogP contribution in [0.5, 0.6) is 0 Å². The largest absolute Gasteiger partial charge is 0.394 e. The van der Waals surface area contributed by atoms with Crippen molar-refractivity contribution in [1.29, 1.82) is 0 Å². The molecule has 24 nitrogen and oxygen atoms in total. The van der Waals surface area contributed by atoms with Crippen molar-refractivity contribution in [1.82, 2.24) is 78.4 Å². The Morgan fingerprint density at radius 1 is 0.554 bits per heavy atom. The lowest BCUT2D eigenvalue weighted by Crippen LogP contribution is -2.36. The summed E-state index contributed by atoms with van der Waals surface area (Å²) in [5, 5.41) is 45.8. The number of fused-ring (bicyclic) bond motifs is 6. The van der Waals surface area contributed by atoms with E-state index in [2.05, 4.69) is 63.8 Å². The number of pyridine rings is 4. The zero-order valence-electron chi connectivity index (χ0n) is 56.6. The molecule has 5 N–H and O–H groups in total. The predicted molar refractivity (Wildman–Crippen MR) is 389 cm³/mol. The van der Waals surface area contributed by atoms with Crippen molar-refractivity contribution in [3.63, 3.8) is 0 Å². The molecule has 0 radical (unpaired) electrons. The summed E-state index contributed by atoms with van der Waals surface area (Å²) in [6, 6.07) is 29.9. The highest BCUT2D eigenvalue weighted by Gasteiger charge is 2.29. The predicted octanol–water partition coefficient (Wildman–Crippen LogP) is 11.3. The molecule has 0 spiro atoms. The maximum absolute atomic E-state index is 14.4. The van der Waals surface area contributed by atoms with Crippen molar-refractivity contribution in [2.45, 2.75) is 124 Å². The van der Waals surface area contributed by atoms with Crippen LogP contribution in [0.25, 0.3) is 60.4 Å². The Labute approximate surface area is 588 Å². The number of aliphatic hydroxyl groups is 2. The molecule has 101 heavy (non-hydrogen) atoms. The van der Waals surface area contributed by atoms with E-state index >= 15 is 0 Å². The van der Waals surface area contributed by atoms with Gasteiger partial charge in [-0.25, -0.2) is 28.5 Å². The number of aryl methyl sites for hydroxylation is 4. The van der Waals surface area contributed by atoms with Crippen LogP contribution in [0.3, 0.4) is 0 Å². The minimum absolute atomic E-state index is 0.00519. The van der Waals surface area contributed by atoms with Crippen LogP contribution in [0.15, 0.2) is 174 Å². The maximum atomic E-state index is 14.4. The second-order valence-electron chi connectivity index (χ2n) is 25.1. The summed E-state index contributed by atoms with van der Waals surface area (Å²) in [4.78, 5) is 97.6. The molecule has 0 saturated heterocycles. The average Bonchev–Trinajstić information content (AvgIpc) is 1.50. The Hall–Kier alpha value is -11.1. The highest BCUT2D eigenvalue weighted by atomic mass is 35.5. The zero-order valence-corrected chi connectivity index (χ0v) is 58.1. The zero-order chi connectivity index (χ0) is 71.5. The molecule has 3 amide bonds. The van der Waals surface area contributed by atoms with E-state index in [-0.39, 0.29) is 40.5 Å². The number of amides is 3. The van der Waals surface area contributed by atoms with E-state index in [1.165, 1.54) is 15.5 Å². The van der Waals surface area contributed by atoms with Crippen LogP contribution in [-0.4, -0.2) is 103 Å². The summed E-state index contributed by atoms with van der Waals surface area (Å²) >= 11 is 12.5. The van der Waals surface area contributed by atoms with Gasteiger partial charge in [0.1, 0.15) is 16.7 Å². The van der Waals surface area contributed by atoms with Gasteiger partial charge in [0.25, 0.3) is 34.4 Å². The Kier molecular flexibility index (Phi) is 20.6. The van der Waals surface area contributed by atoms with Crippen LogP contribution in [0, 0.1) is 27.7 Å². The molecule has 10 heterocycles. The van der Waals surface area contributed by atoms with E-state index < -0.39 is 42.3 Å². The van der Waals surface area contributed by atoms with Gasteiger partial charge >= 0.3 is 0 Å². The summed E-state index contributed by atoms with van der Waals surface area (Å²) in [6.45, 7) is 16.1. The second-order valence-corrected chi connectivity index (χ2v) is 25.9. The Morgan fingerprint density at radius 3 is 1.46 bits per heavy atom. The van der Waals surface area contributed by atoms with E-state index in [4.69, 9.17) is 23.2 Å². The molecule has 516 valence electrons. The van der Waals surface area contributed by atoms with Crippen molar-refractivity contribution < 1.29 is 24.6 Å². The summed E-state index contributed by atoms with van der Waals surface area (Å²) in [5.41, 5.74) is 8.41. The Bertz CT molecular complexity index is 5580. The standard InChI is InChI=1S/C31H32N6O2.C22H22ClN5O4.C22H20ClN5O2/c1-19-17-22(13-15-32-19)25-12-7-9-23-18-26(37(31(39)28(23)25)24-10-5-4-6-11-24)20(2)34-30(38)27-21(3)35-36-16-8-14-33-29(27)36;1-12(25-21(31)18-13(2)26-28-8-4-7-24-20(18)28)17-9-14-5-3-6-16(23)19(14)22(32)27(17)10-15(30)11-29;1-4-10-27-17(12-15-7-5-8-16(23)19(15)22(27)30)13(2)25-21(29)18-14(3)26-28-11-6-9-24-20(18)28/h7-9,12-18,20,24H,4-6,10-11H2,1-3H3,(H,34,38);3-9,12,15,29-30H,10-11H2,1-2H3,(H,25,31);4-9,11-13H,1,10H2,2-3H3,(H,25,29)/t20-;12-,15?;13-/m000/s1. The topological polar surface area (TPSA) is 297 Å². The van der Waals surface area contributed by atoms with Crippen molar-refractivity contribution in [3.8, 4) is 11.1 Å². The van der Waals surface area contributed by atoms with Crippen LogP contribution in [0.4, 0.5) is 0 Å². The smallest absolute Gasteiger partial charge is 0.260 e. The third-order valence-electron chi connectivity index (χ3n) is 18.2. The molecule has 1 unspecified atom stereocenters. The summed E-state index contributed by atoms with van der Waals surface area (Å²) in [5.74, 6) is -0.952. The first-order valence-corrected chi connectivity index (χ1v) is 33.9. The molecule has 3 aromatic carbocycles. The van der Waals surface area contributed by atoms with Gasteiger partial charge in [0.2, 0.25) is 0 Å². The summed E-state index contributed by atoms with van der Waals surface area (Å²) in [7, 11) is 0. The van der Waals surface area contributed by atoms with Crippen LogP contribution < -0.4 is 32.6 Å². The first-order valence-electron chi connectivity index (χ1n) is 33.1. The Morgan fingerprint density at radius 2 is 0.990 bits per heavy atom. The Balaban J connectivity index is 0.000000145. The SMILES string of the molecule is C=CCn1c([C@H](C)NC(=O)c2c(C)nn3cccnc23)cc2cccc(Cl)c2c1=O.Cc1cc(-c2cccc3cc([C@H](C)NC(=O)c4c(C)nn5cccnc45)n(C4CCCCC4)c(=O)c23)ccn1.Cc1nn2cccnc2c1C(=O)N[C@@H](C)c1cc2cccc(Cl)c2c(=O)n1CC(O)CO. The number of aliphatic hydroxyl groups excluding tert-OH is 2. The third-order valence-corrected chi connectivity index (χ3v) is 18.8. The molecule has 4 atom stereocenters. The number of hydrogen-bond acceptors (Lipinski definition) is 15. The molecule has 10 aromatic heterocycles. The van der Waals surface area contributed by atoms with E-state index in [9.17, 15) is 39.0 Å². The number of carbonyl (C=O) groups is 3. The van der Waals surface area contributed by atoms with Crippen LogP contribution in [-0.2, 0) is 13.1 Å². The molecule has 0 bridgehead atoms. The van der Waals surface area contributed by atoms with Gasteiger partial charge in [0.05, 0.1) is 80.7 Å². The summed E-state index contributed by atoms with van der Waals surface area (Å²) in [6.07, 6.45) is 17.6. The van der Waals surface area contributed by atoms with E-state index in [1.54, 1.807) is 138 Å². The second kappa shape index (κ2) is 29.8. The highest BCUT2D eigenvalue weighted by molar-refractivity contribution is 6.35. The van der Waals surface area contributed by atoms with Crippen LogP contribution >= 0.6 is 23.2 Å². The number of rotatable bonds is 16. The van der Waals surface area contributed by atoms with Gasteiger partial charge in [-0.05, 0) is 149 Å². The molecule has 0 aliphatic heterocycles. The van der Waals surface area contributed by atoms with Gasteiger partial charge in [-0.3, -0.25) is 33.8 Å². The van der Waals surface area contributed by atoms with E-state index in [0.717, 1.165) is 59.0 Å². The fourth-order valence-corrected chi connectivity index (χ4v) is 14.0. The van der Waals surface area contributed by atoms with E-state index in [0.29, 0.717) is 95.2 Å². The van der Waals surface area contributed by atoms with Gasteiger partial charge in [0, 0.05) is 78.7 Å². The molecule has 26 heteroatoms. The van der Waals surface area contributed by atoms with E-state index in [1.807, 2.05) is 74.7 Å². The number of allylic oxidation sites excluding steroid dienone is 1. The molecule has 14 rings (SSSR count). The van der Waals surface area contributed by atoms with Gasteiger partial charge < -0.3 is 39.9 Å². The fraction of sp³-hybridized carbons (Fsp3) is 0.267.